The van der Waals surface area contributed by atoms with Gasteiger partial charge in [0.05, 0.1) is 4.90 Å². The molecule has 1 N–H and O–H groups in total. The van der Waals surface area contributed by atoms with Gasteiger partial charge in [-0.05, 0) is 36.5 Å². The normalized spacial score (nSPS) is 17.3. The lowest BCUT2D eigenvalue weighted by Gasteiger charge is -2.20. The van der Waals surface area contributed by atoms with Crippen LogP contribution in [-0.4, -0.2) is 31.7 Å². The minimum atomic E-state index is -3.50. The van der Waals surface area contributed by atoms with E-state index in [9.17, 15) is 13.2 Å². The Morgan fingerprint density at radius 2 is 1.75 bits per heavy atom. The van der Waals surface area contributed by atoms with Crippen LogP contribution in [0.4, 0.5) is 5.69 Å². The van der Waals surface area contributed by atoms with E-state index in [0.717, 1.165) is 25.7 Å². The topological polar surface area (TPSA) is 66.5 Å². The minimum absolute atomic E-state index is 0.105. The molecule has 1 heterocycles. The molecule has 0 spiro atoms. The lowest BCUT2D eigenvalue weighted by Crippen LogP contribution is -2.32. The molecule has 134 valence electrons. The largest absolute Gasteiger partial charge is 0.326 e. The van der Waals surface area contributed by atoms with Crippen molar-refractivity contribution in [2.75, 3.05) is 18.4 Å². The van der Waals surface area contributed by atoms with Crippen LogP contribution in [0.5, 0.6) is 0 Å². The summed E-state index contributed by atoms with van der Waals surface area (Å²) in [5, 5.41) is 2.80. The number of carbonyl (C=O) groups excluding carboxylic acids is 1. The van der Waals surface area contributed by atoms with Gasteiger partial charge in [0.2, 0.25) is 15.9 Å². The zero-order valence-electron chi connectivity index (χ0n) is 14.8. The van der Waals surface area contributed by atoms with Crippen molar-refractivity contribution in [1.82, 2.24) is 4.31 Å². The second-order valence-corrected chi connectivity index (χ2v) is 9.57. The first-order valence-electron chi connectivity index (χ1n) is 8.59. The molecule has 2 rings (SSSR count). The molecule has 0 radical (unpaired) electrons. The highest BCUT2D eigenvalue weighted by Gasteiger charge is 2.25. The summed E-state index contributed by atoms with van der Waals surface area (Å²) in [6, 6.07) is 6.56. The van der Waals surface area contributed by atoms with E-state index >= 15 is 0 Å². The number of hydrogen-bond acceptors (Lipinski definition) is 3. The molecule has 0 saturated carbocycles. The van der Waals surface area contributed by atoms with Crippen LogP contribution in [0.25, 0.3) is 0 Å². The maximum atomic E-state index is 12.8. The van der Waals surface area contributed by atoms with Crippen molar-refractivity contribution >= 4 is 21.6 Å². The van der Waals surface area contributed by atoms with Crippen LogP contribution >= 0.6 is 0 Å². The highest BCUT2D eigenvalue weighted by atomic mass is 32.2. The maximum Gasteiger partial charge on any atom is 0.243 e. The Balaban J connectivity index is 2.15. The Morgan fingerprint density at radius 1 is 1.12 bits per heavy atom. The van der Waals surface area contributed by atoms with Crippen molar-refractivity contribution in [3.63, 3.8) is 0 Å². The van der Waals surface area contributed by atoms with Gasteiger partial charge < -0.3 is 5.32 Å². The van der Waals surface area contributed by atoms with Crippen molar-refractivity contribution in [2.45, 2.75) is 57.8 Å². The third kappa shape index (κ3) is 5.31. The van der Waals surface area contributed by atoms with E-state index in [4.69, 9.17) is 0 Å². The summed E-state index contributed by atoms with van der Waals surface area (Å²) in [4.78, 5) is 12.3. The summed E-state index contributed by atoms with van der Waals surface area (Å²) in [6.07, 6.45) is 4.35. The van der Waals surface area contributed by atoms with E-state index < -0.39 is 10.0 Å². The predicted molar refractivity (Wildman–Crippen MR) is 96.4 cm³/mol. The molecule has 24 heavy (non-hydrogen) atoms. The number of benzene rings is 1. The van der Waals surface area contributed by atoms with E-state index in [1.165, 1.54) is 0 Å². The van der Waals surface area contributed by atoms with Crippen LogP contribution in [0.3, 0.4) is 0 Å². The molecule has 0 unspecified atom stereocenters. The molecule has 1 fully saturated rings. The first-order valence-corrected chi connectivity index (χ1v) is 10.0. The third-order valence-electron chi connectivity index (χ3n) is 4.01. The summed E-state index contributed by atoms with van der Waals surface area (Å²) >= 11 is 0. The van der Waals surface area contributed by atoms with Gasteiger partial charge in [-0.15, -0.1) is 0 Å². The third-order valence-corrected chi connectivity index (χ3v) is 5.91. The van der Waals surface area contributed by atoms with Gasteiger partial charge in [-0.25, -0.2) is 8.42 Å². The zero-order chi connectivity index (χ0) is 17.8. The highest BCUT2D eigenvalue weighted by Crippen LogP contribution is 2.24. The Bertz CT molecular complexity index is 670. The highest BCUT2D eigenvalue weighted by molar-refractivity contribution is 7.89. The fourth-order valence-electron chi connectivity index (χ4n) is 2.85. The van der Waals surface area contributed by atoms with E-state index in [-0.39, 0.29) is 16.2 Å². The summed E-state index contributed by atoms with van der Waals surface area (Å²) in [5.74, 6) is -0.105. The maximum absolute atomic E-state index is 12.8. The molecule has 0 atom stereocenters. The molecule has 1 aromatic carbocycles. The molecule has 6 heteroatoms. The van der Waals surface area contributed by atoms with Gasteiger partial charge in [0.15, 0.2) is 0 Å². The van der Waals surface area contributed by atoms with Crippen molar-refractivity contribution in [2.24, 2.45) is 5.41 Å². The number of amides is 1. The first kappa shape index (κ1) is 18.9. The number of sulfonamides is 1. The average Bonchev–Trinajstić information content (AvgIpc) is 2.75. The molecule has 1 saturated heterocycles. The number of hydrogen-bond donors (Lipinski definition) is 1. The quantitative estimate of drug-likeness (QED) is 0.900. The number of carbonyl (C=O) groups is 1. The van der Waals surface area contributed by atoms with Crippen molar-refractivity contribution in [1.29, 1.82) is 0 Å². The molecule has 1 aromatic rings. The van der Waals surface area contributed by atoms with Crippen molar-refractivity contribution < 1.29 is 13.2 Å². The standard InChI is InChI=1S/C18H28N2O3S/c1-18(2,3)14-17(21)19-15-9-8-10-16(13-15)24(22,23)20-11-6-4-5-7-12-20/h8-10,13H,4-7,11-12,14H2,1-3H3,(H,19,21). The fraction of sp³-hybridized carbons (Fsp3) is 0.611. The zero-order valence-corrected chi connectivity index (χ0v) is 15.7. The molecule has 1 aliphatic heterocycles. The molecular weight excluding hydrogens is 324 g/mol. The molecule has 5 nitrogen and oxygen atoms in total. The van der Waals surface area contributed by atoms with Gasteiger partial charge >= 0.3 is 0 Å². The van der Waals surface area contributed by atoms with Crippen LogP contribution in [0.15, 0.2) is 29.2 Å². The van der Waals surface area contributed by atoms with Gasteiger partial charge in [0, 0.05) is 25.2 Å². The van der Waals surface area contributed by atoms with E-state index in [1.807, 2.05) is 20.8 Å². The number of nitrogens with one attached hydrogen (secondary N) is 1. The number of rotatable bonds is 4. The van der Waals surface area contributed by atoms with E-state index in [2.05, 4.69) is 5.32 Å². The Hall–Kier alpha value is -1.40. The van der Waals surface area contributed by atoms with Gasteiger partial charge in [-0.1, -0.05) is 39.7 Å². The van der Waals surface area contributed by atoms with Gasteiger partial charge in [0.1, 0.15) is 0 Å². The lowest BCUT2D eigenvalue weighted by molar-refractivity contribution is -0.117. The minimum Gasteiger partial charge on any atom is -0.326 e. The number of nitrogens with zero attached hydrogens (tertiary/aromatic N) is 1. The predicted octanol–water partition coefficient (Wildman–Crippen LogP) is 3.63. The van der Waals surface area contributed by atoms with Crippen LogP contribution in [-0.2, 0) is 14.8 Å². The first-order chi connectivity index (χ1) is 11.2. The van der Waals surface area contributed by atoms with Crippen molar-refractivity contribution in [3.8, 4) is 0 Å². The Morgan fingerprint density at radius 3 is 2.33 bits per heavy atom. The van der Waals surface area contributed by atoms with E-state index in [0.29, 0.717) is 25.2 Å². The van der Waals surface area contributed by atoms with Crippen molar-refractivity contribution in [3.05, 3.63) is 24.3 Å². The van der Waals surface area contributed by atoms with Crippen LogP contribution < -0.4 is 5.32 Å². The molecule has 1 amide bonds. The van der Waals surface area contributed by atoms with Crippen LogP contribution in [0.2, 0.25) is 0 Å². The summed E-state index contributed by atoms with van der Waals surface area (Å²) in [7, 11) is -3.50. The molecule has 0 bridgehead atoms. The molecule has 1 aliphatic rings. The second-order valence-electron chi connectivity index (χ2n) is 7.63. The van der Waals surface area contributed by atoms with Crippen LogP contribution in [0, 0.1) is 5.41 Å². The molecular formula is C18H28N2O3S. The lowest BCUT2D eigenvalue weighted by atomic mass is 9.92. The smallest absolute Gasteiger partial charge is 0.243 e. The average molecular weight is 353 g/mol. The second kappa shape index (κ2) is 7.66. The van der Waals surface area contributed by atoms with Crippen LogP contribution in [0.1, 0.15) is 52.9 Å². The summed E-state index contributed by atoms with van der Waals surface area (Å²) in [6.45, 7) is 7.12. The Kier molecular flexibility index (Phi) is 6.04. The van der Waals surface area contributed by atoms with E-state index in [1.54, 1.807) is 28.6 Å². The Labute approximate surface area is 145 Å². The molecule has 0 aliphatic carbocycles. The van der Waals surface area contributed by atoms with Gasteiger partial charge in [0.25, 0.3) is 0 Å². The fourth-order valence-corrected chi connectivity index (χ4v) is 4.42. The number of anilines is 1. The summed E-state index contributed by atoms with van der Waals surface area (Å²) < 4.78 is 27.2. The monoisotopic (exact) mass is 352 g/mol. The van der Waals surface area contributed by atoms with Gasteiger partial charge in [-0.2, -0.15) is 4.31 Å². The summed E-state index contributed by atoms with van der Waals surface area (Å²) in [5.41, 5.74) is 0.417. The van der Waals surface area contributed by atoms with Gasteiger partial charge in [-0.3, -0.25) is 4.79 Å². The SMILES string of the molecule is CC(C)(C)CC(=O)Nc1cccc(S(=O)(=O)N2CCCCCC2)c1. The molecule has 0 aromatic heterocycles.